The van der Waals surface area contributed by atoms with Gasteiger partial charge in [0.25, 0.3) is 11.5 Å². The molecule has 0 spiro atoms. The van der Waals surface area contributed by atoms with Crippen molar-refractivity contribution < 1.29 is 22.7 Å². The predicted octanol–water partition coefficient (Wildman–Crippen LogP) is 4.43. The number of likely N-dealkylation sites (tertiary alicyclic amines) is 1. The lowest BCUT2D eigenvalue weighted by atomic mass is 9.97. The number of fused-ring (bicyclic) bond motifs is 1. The van der Waals surface area contributed by atoms with E-state index in [1.54, 1.807) is 37.0 Å². The number of H-pyrrole nitrogens is 1. The van der Waals surface area contributed by atoms with E-state index in [0.717, 1.165) is 22.2 Å². The summed E-state index contributed by atoms with van der Waals surface area (Å²) >= 11 is 2.10. The highest BCUT2D eigenvalue weighted by atomic mass is 127. The number of hydrogen-bond donors (Lipinski definition) is 2. The van der Waals surface area contributed by atoms with Gasteiger partial charge in [-0.3, -0.25) is 19.2 Å². The van der Waals surface area contributed by atoms with Crippen LogP contribution in [0.2, 0.25) is 0 Å². The first-order valence-electron chi connectivity index (χ1n) is 13.1. The van der Waals surface area contributed by atoms with Gasteiger partial charge in [-0.25, -0.2) is 0 Å². The van der Waals surface area contributed by atoms with Crippen molar-refractivity contribution in [3.8, 4) is 5.75 Å². The zero-order valence-corrected chi connectivity index (χ0v) is 25.3. The number of nitrogens with one attached hydrogen (secondary N) is 2. The van der Waals surface area contributed by atoms with Gasteiger partial charge in [0.1, 0.15) is 5.75 Å². The number of hydrogen-bond acceptors (Lipinski definition) is 6. The third-order valence-electron chi connectivity index (χ3n) is 7.46. The molecule has 0 radical (unpaired) electrons. The van der Waals surface area contributed by atoms with E-state index in [1.165, 1.54) is 12.0 Å². The van der Waals surface area contributed by atoms with Gasteiger partial charge in [0.05, 0.1) is 47.2 Å². The number of carbonyl (C=O) groups excluding carboxylic acids is 1. The second-order valence-corrected chi connectivity index (χ2v) is 11.5. The number of benzene rings is 1. The molecule has 3 heterocycles. The molecule has 2 unspecified atom stereocenters. The highest BCUT2D eigenvalue weighted by molar-refractivity contribution is 14.1. The Morgan fingerprint density at radius 2 is 2.05 bits per heavy atom. The normalized spacial score (nSPS) is 18.2. The van der Waals surface area contributed by atoms with Crippen LogP contribution in [0.3, 0.4) is 0 Å². The van der Waals surface area contributed by atoms with Gasteiger partial charge < -0.3 is 19.9 Å². The standard InChI is InChI=1S/C27H34F3IN6O3/c1-6-37(17-7-8-36(23(31)10-17)14-27(28,29)30)24-16(3)18(11-21-19(24)13-33-35(21)4)25(38)32-12-20-22(40-5)9-15(2)34-26(20)39/h9,11,13,17,23H,6-8,10,12,14H2,1-5H3,(H,32,38)(H,34,39). The summed E-state index contributed by atoms with van der Waals surface area (Å²) in [5, 5.41) is 8.16. The first-order valence-corrected chi connectivity index (χ1v) is 14.3. The molecule has 2 aromatic heterocycles. The number of rotatable bonds is 8. The second kappa shape index (κ2) is 12.0. The first-order chi connectivity index (χ1) is 18.8. The van der Waals surface area contributed by atoms with Crippen molar-refractivity contribution in [2.75, 3.05) is 31.6 Å². The van der Waals surface area contributed by atoms with Crippen molar-refractivity contribution >= 4 is 45.1 Å². The van der Waals surface area contributed by atoms with Gasteiger partial charge in [-0.2, -0.15) is 18.3 Å². The molecule has 218 valence electrons. The zero-order valence-electron chi connectivity index (χ0n) is 23.2. The second-order valence-electron chi connectivity index (χ2n) is 10.1. The Hall–Kier alpha value is -2.81. The molecule has 1 fully saturated rings. The van der Waals surface area contributed by atoms with Gasteiger partial charge in [0, 0.05) is 42.8 Å². The molecule has 3 aromatic rings. The Morgan fingerprint density at radius 1 is 1.32 bits per heavy atom. The summed E-state index contributed by atoms with van der Waals surface area (Å²) in [7, 11) is 3.27. The molecule has 1 aliphatic rings. The average Bonchev–Trinajstić information content (AvgIpc) is 3.25. The molecule has 0 aliphatic carbocycles. The van der Waals surface area contributed by atoms with Crippen LogP contribution in [0.5, 0.6) is 5.75 Å². The third kappa shape index (κ3) is 6.24. The average molecular weight is 675 g/mol. The molecule has 1 aromatic carbocycles. The van der Waals surface area contributed by atoms with Crippen LogP contribution in [0, 0.1) is 13.8 Å². The smallest absolute Gasteiger partial charge is 0.401 e. The number of amides is 1. The molecule has 13 heteroatoms. The van der Waals surface area contributed by atoms with E-state index in [4.69, 9.17) is 4.74 Å². The van der Waals surface area contributed by atoms with Gasteiger partial charge in [-0.05, 0) is 51.3 Å². The van der Waals surface area contributed by atoms with Crippen molar-refractivity contribution in [2.45, 2.75) is 56.4 Å². The molecule has 40 heavy (non-hydrogen) atoms. The van der Waals surface area contributed by atoms with Gasteiger partial charge in [-0.1, -0.05) is 22.6 Å². The number of aromatic nitrogens is 3. The minimum absolute atomic E-state index is 0.00724. The van der Waals surface area contributed by atoms with Crippen LogP contribution in [0.15, 0.2) is 23.1 Å². The van der Waals surface area contributed by atoms with E-state index in [2.05, 4.69) is 42.9 Å². The van der Waals surface area contributed by atoms with Crippen LogP contribution in [0.1, 0.15) is 46.9 Å². The fourth-order valence-electron chi connectivity index (χ4n) is 5.52. The molecular weight excluding hydrogens is 640 g/mol. The minimum Gasteiger partial charge on any atom is -0.496 e. The molecule has 2 atom stereocenters. The summed E-state index contributed by atoms with van der Waals surface area (Å²) in [6.45, 7) is 5.63. The molecular formula is C27H34F3IN6O3. The van der Waals surface area contributed by atoms with Gasteiger partial charge in [0.15, 0.2) is 0 Å². The van der Waals surface area contributed by atoms with Crippen LogP contribution >= 0.6 is 22.6 Å². The minimum atomic E-state index is -4.24. The van der Waals surface area contributed by atoms with E-state index >= 15 is 0 Å². The van der Waals surface area contributed by atoms with Crippen LogP contribution in [-0.4, -0.2) is 68.6 Å². The summed E-state index contributed by atoms with van der Waals surface area (Å²) in [5.41, 5.74) is 3.42. The van der Waals surface area contributed by atoms with Crippen LogP contribution in [-0.2, 0) is 13.6 Å². The number of alkyl halides is 4. The number of aromatic amines is 1. The number of halogens is 4. The van der Waals surface area contributed by atoms with Crippen LogP contribution in [0.4, 0.5) is 18.9 Å². The quantitative estimate of drug-likeness (QED) is 0.209. The Morgan fingerprint density at radius 3 is 2.67 bits per heavy atom. The number of pyridine rings is 1. The van der Waals surface area contributed by atoms with Crippen molar-refractivity contribution in [1.29, 1.82) is 0 Å². The number of methoxy groups -OCH3 is 1. The van der Waals surface area contributed by atoms with E-state index in [1.807, 2.05) is 13.8 Å². The Labute approximate surface area is 244 Å². The molecule has 0 saturated carbocycles. The molecule has 1 amide bonds. The lowest BCUT2D eigenvalue weighted by Crippen LogP contribution is -2.50. The summed E-state index contributed by atoms with van der Waals surface area (Å²) in [6, 6.07) is 3.48. The van der Waals surface area contributed by atoms with Crippen LogP contribution < -0.4 is 20.5 Å². The SMILES string of the molecule is CCN(c1c(C)c(C(=O)NCc2c(OC)cc(C)[nH]c2=O)cc2c1cnn2C)C1CCN(CC(F)(F)F)C(I)C1. The summed E-state index contributed by atoms with van der Waals surface area (Å²) < 4.78 is 46.0. The molecule has 2 N–H and O–H groups in total. The summed E-state index contributed by atoms with van der Waals surface area (Å²) in [5.74, 6) is 0.0371. The Bertz CT molecular complexity index is 1450. The van der Waals surface area contributed by atoms with Gasteiger partial charge in [0.2, 0.25) is 0 Å². The van der Waals surface area contributed by atoms with Crippen molar-refractivity contribution in [3.63, 3.8) is 0 Å². The monoisotopic (exact) mass is 674 g/mol. The maximum Gasteiger partial charge on any atom is 0.401 e. The summed E-state index contributed by atoms with van der Waals surface area (Å²) in [4.78, 5) is 32.5. The maximum absolute atomic E-state index is 13.5. The van der Waals surface area contributed by atoms with E-state index in [9.17, 15) is 22.8 Å². The summed E-state index contributed by atoms with van der Waals surface area (Å²) in [6.07, 6.45) is -1.36. The predicted molar refractivity (Wildman–Crippen MR) is 156 cm³/mol. The molecule has 0 bridgehead atoms. The van der Waals surface area contributed by atoms with Crippen LogP contribution in [0.25, 0.3) is 10.9 Å². The Kier molecular flexibility index (Phi) is 9.02. The lowest BCUT2D eigenvalue weighted by Gasteiger charge is -2.43. The number of piperidine rings is 1. The first kappa shape index (κ1) is 30.2. The Balaban J connectivity index is 1.66. The maximum atomic E-state index is 13.5. The molecule has 4 rings (SSSR count). The fourth-order valence-corrected chi connectivity index (χ4v) is 6.58. The zero-order chi connectivity index (χ0) is 29.4. The van der Waals surface area contributed by atoms with E-state index < -0.39 is 12.7 Å². The van der Waals surface area contributed by atoms with Crippen molar-refractivity contribution in [3.05, 3.63) is 51.1 Å². The molecule has 9 nitrogen and oxygen atoms in total. The van der Waals surface area contributed by atoms with Crippen molar-refractivity contribution in [2.24, 2.45) is 7.05 Å². The number of aryl methyl sites for hydroxylation is 2. The highest BCUT2D eigenvalue weighted by Crippen LogP contribution is 2.38. The highest BCUT2D eigenvalue weighted by Gasteiger charge is 2.38. The van der Waals surface area contributed by atoms with Gasteiger partial charge in [-0.15, -0.1) is 0 Å². The topological polar surface area (TPSA) is 95.5 Å². The number of anilines is 1. The van der Waals surface area contributed by atoms with E-state index in [-0.39, 0.29) is 28.1 Å². The lowest BCUT2D eigenvalue weighted by molar-refractivity contribution is -0.148. The van der Waals surface area contributed by atoms with Gasteiger partial charge >= 0.3 is 6.18 Å². The number of ether oxygens (including phenoxy) is 1. The fraction of sp³-hybridized carbons (Fsp3) is 0.519. The largest absolute Gasteiger partial charge is 0.496 e. The van der Waals surface area contributed by atoms with Crippen molar-refractivity contribution in [1.82, 2.24) is 25.0 Å². The molecule has 1 saturated heterocycles. The van der Waals surface area contributed by atoms with E-state index in [0.29, 0.717) is 48.5 Å². The number of carbonyl (C=O) groups is 1. The third-order valence-corrected chi connectivity index (χ3v) is 8.76. The molecule has 1 aliphatic heterocycles. The number of nitrogens with zero attached hydrogens (tertiary/aromatic N) is 4.